The fourth-order valence-electron chi connectivity index (χ4n) is 2.84. The normalized spacial score (nSPS) is 13.5. The number of aromatic nitrogens is 2. The van der Waals surface area contributed by atoms with E-state index >= 15 is 0 Å². The van der Waals surface area contributed by atoms with Gasteiger partial charge < -0.3 is 4.57 Å². The molecule has 1 atom stereocenters. The van der Waals surface area contributed by atoms with Gasteiger partial charge in [-0.3, -0.25) is 0 Å². The third-order valence-corrected chi connectivity index (χ3v) is 6.11. The number of thioether (sulfide) groups is 1. The highest BCUT2D eigenvalue weighted by atomic mass is 35.5. The highest BCUT2D eigenvalue weighted by Gasteiger charge is 2.27. The van der Waals surface area contributed by atoms with Gasteiger partial charge in [0, 0.05) is 38.6 Å². The molecule has 0 aliphatic heterocycles. The molecule has 0 bridgehead atoms. The minimum Gasteiger partial charge on any atom is -0.336 e. The summed E-state index contributed by atoms with van der Waals surface area (Å²) < 4.78 is 15.2. The molecule has 1 aromatic heterocycles. The van der Waals surface area contributed by atoms with Crippen molar-refractivity contribution in [2.75, 3.05) is 0 Å². The first-order chi connectivity index (χ1) is 12.4. The Morgan fingerprint density at radius 3 is 2.58 bits per heavy atom. The van der Waals surface area contributed by atoms with Crippen LogP contribution in [-0.4, -0.2) is 14.3 Å². The van der Waals surface area contributed by atoms with Crippen LogP contribution in [0.1, 0.15) is 18.9 Å². The van der Waals surface area contributed by atoms with Gasteiger partial charge in [-0.15, -0.1) is 11.8 Å². The second-order valence-corrected chi connectivity index (χ2v) is 8.98. The zero-order chi connectivity index (χ0) is 18.6. The second kappa shape index (κ2) is 8.47. The predicted molar refractivity (Wildman–Crippen MR) is 108 cm³/mol. The Morgan fingerprint density at radius 1 is 1.15 bits per heavy atom. The Hall–Kier alpha value is -1.49. The van der Waals surface area contributed by atoms with E-state index in [-0.39, 0.29) is 10.6 Å². The van der Waals surface area contributed by atoms with E-state index in [2.05, 4.69) is 16.5 Å². The third-order valence-electron chi connectivity index (χ3n) is 4.19. The van der Waals surface area contributed by atoms with Gasteiger partial charge in [-0.05, 0) is 61.7 Å². The summed E-state index contributed by atoms with van der Waals surface area (Å²) in [6.45, 7) is 3.01. The molecule has 0 saturated heterocycles. The molecule has 26 heavy (non-hydrogen) atoms. The van der Waals surface area contributed by atoms with Gasteiger partial charge in [0.25, 0.3) is 0 Å². The number of hydrogen-bond acceptors (Lipinski definition) is 2. The maximum absolute atomic E-state index is 13.2. The summed E-state index contributed by atoms with van der Waals surface area (Å²) in [4.78, 5) is 5.17. The van der Waals surface area contributed by atoms with Gasteiger partial charge in [-0.1, -0.05) is 29.3 Å². The van der Waals surface area contributed by atoms with Gasteiger partial charge in [0.15, 0.2) is 0 Å². The van der Waals surface area contributed by atoms with E-state index in [9.17, 15) is 4.39 Å². The Balaban J connectivity index is 1.78. The zero-order valence-corrected chi connectivity index (χ0v) is 16.7. The molecule has 0 aliphatic carbocycles. The average molecular weight is 409 g/mol. The summed E-state index contributed by atoms with van der Waals surface area (Å²) in [5, 5.41) is 1.33. The fraction of sp³-hybridized carbons (Fsp3) is 0.250. The van der Waals surface area contributed by atoms with Crippen molar-refractivity contribution < 1.29 is 4.39 Å². The molecule has 1 unspecified atom stereocenters. The van der Waals surface area contributed by atoms with E-state index in [4.69, 9.17) is 23.2 Å². The van der Waals surface area contributed by atoms with Gasteiger partial charge in [0.05, 0.1) is 6.33 Å². The van der Waals surface area contributed by atoms with Gasteiger partial charge >= 0.3 is 0 Å². The summed E-state index contributed by atoms with van der Waals surface area (Å²) in [6, 6.07) is 12.3. The SMILES string of the molecule is CC(CCc1ccc(Cl)cc1Cl)(Cn1ccnc1)Sc1ccc(F)cc1. The average Bonchev–Trinajstić information content (AvgIpc) is 3.09. The number of imidazole rings is 1. The Labute approximate surface area is 167 Å². The first kappa shape index (κ1) is 19.3. The van der Waals surface area contributed by atoms with E-state index < -0.39 is 0 Å². The van der Waals surface area contributed by atoms with E-state index in [1.807, 2.05) is 36.8 Å². The number of halogens is 3. The zero-order valence-electron chi connectivity index (χ0n) is 14.3. The minimum absolute atomic E-state index is 0.110. The van der Waals surface area contributed by atoms with Crippen LogP contribution in [0.25, 0.3) is 0 Å². The molecule has 3 rings (SSSR count). The first-order valence-electron chi connectivity index (χ1n) is 8.28. The van der Waals surface area contributed by atoms with Crippen LogP contribution in [0.15, 0.2) is 66.1 Å². The number of aryl methyl sites for hydroxylation is 1. The smallest absolute Gasteiger partial charge is 0.123 e. The van der Waals surface area contributed by atoms with Crippen LogP contribution in [-0.2, 0) is 13.0 Å². The maximum Gasteiger partial charge on any atom is 0.123 e. The monoisotopic (exact) mass is 408 g/mol. The molecule has 6 heteroatoms. The van der Waals surface area contributed by atoms with Crippen LogP contribution >= 0.6 is 35.0 Å². The lowest BCUT2D eigenvalue weighted by Crippen LogP contribution is -2.27. The number of benzene rings is 2. The largest absolute Gasteiger partial charge is 0.336 e. The van der Waals surface area contributed by atoms with Crippen molar-refractivity contribution in [3.63, 3.8) is 0 Å². The van der Waals surface area contributed by atoms with Crippen LogP contribution in [0.2, 0.25) is 10.0 Å². The minimum atomic E-state index is -0.224. The molecule has 0 amide bonds. The highest BCUT2D eigenvalue weighted by molar-refractivity contribution is 8.00. The Bertz CT molecular complexity index is 853. The molecule has 2 aromatic carbocycles. The van der Waals surface area contributed by atoms with E-state index in [0.29, 0.717) is 10.0 Å². The van der Waals surface area contributed by atoms with Crippen molar-refractivity contribution in [2.45, 2.75) is 36.0 Å². The standard InChI is InChI=1S/C20H19Cl2FN2S/c1-20(13-25-11-10-24-14-25,26-18-6-4-17(23)5-7-18)9-8-15-2-3-16(21)12-19(15)22/h2-7,10-12,14H,8-9,13H2,1H3. The van der Waals surface area contributed by atoms with Crippen LogP contribution in [0, 0.1) is 5.82 Å². The van der Waals surface area contributed by atoms with Crippen molar-refractivity contribution >= 4 is 35.0 Å². The van der Waals surface area contributed by atoms with Crippen LogP contribution in [0.3, 0.4) is 0 Å². The Morgan fingerprint density at radius 2 is 1.92 bits per heavy atom. The van der Waals surface area contributed by atoms with Crippen molar-refractivity contribution in [3.05, 3.63) is 82.6 Å². The fourth-order valence-corrected chi connectivity index (χ4v) is 4.60. The topological polar surface area (TPSA) is 17.8 Å². The number of nitrogens with zero attached hydrogens (tertiary/aromatic N) is 2. The molecule has 136 valence electrons. The summed E-state index contributed by atoms with van der Waals surface area (Å²) in [7, 11) is 0. The summed E-state index contributed by atoms with van der Waals surface area (Å²) in [5.41, 5.74) is 1.08. The van der Waals surface area contributed by atoms with Gasteiger partial charge in [0.2, 0.25) is 0 Å². The molecule has 0 saturated carbocycles. The summed E-state index contributed by atoms with van der Waals surface area (Å²) >= 11 is 14.1. The van der Waals surface area contributed by atoms with E-state index in [1.165, 1.54) is 12.1 Å². The molecule has 3 aromatic rings. The second-order valence-electron chi connectivity index (χ2n) is 6.48. The lowest BCUT2D eigenvalue weighted by atomic mass is 10.00. The van der Waals surface area contributed by atoms with Gasteiger partial charge in [-0.25, -0.2) is 9.37 Å². The molecular formula is C20H19Cl2FN2S. The molecule has 0 spiro atoms. The lowest BCUT2D eigenvalue weighted by molar-refractivity contribution is 0.495. The summed E-state index contributed by atoms with van der Waals surface area (Å²) in [6.07, 6.45) is 7.28. The summed E-state index contributed by atoms with van der Waals surface area (Å²) in [5.74, 6) is -0.224. The number of hydrogen-bond donors (Lipinski definition) is 0. The van der Waals surface area contributed by atoms with Crippen molar-refractivity contribution in [1.82, 2.24) is 9.55 Å². The predicted octanol–water partition coefficient (Wildman–Crippen LogP) is 6.51. The molecule has 0 aliphatic rings. The van der Waals surface area contributed by atoms with Crippen LogP contribution in [0.5, 0.6) is 0 Å². The highest BCUT2D eigenvalue weighted by Crippen LogP contribution is 2.38. The first-order valence-corrected chi connectivity index (χ1v) is 9.85. The molecule has 1 heterocycles. The molecule has 0 fully saturated rings. The van der Waals surface area contributed by atoms with Crippen molar-refractivity contribution in [2.24, 2.45) is 0 Å². The van der Waals surface area contributed by atoms with E-state index in [0.717, 1.165) is 29.8 Å². The molecule has 2 nitrogen and oxygen atoms in total. The molecule has 0 N–H and O–H groups in total. The number of rotatable bonds is 7. The maximum atomic E-state index is 13.2. The van der Waals surface area contributed by atoms with Crippen LogP contribution < -0.4 is 0 Å². The Kier molecular flexibility index (Phi) is 6.28. The van der Waals surface area contributed by atoms with Gasteiger partial charge in [-0.2, -0.15) is 0 Å². The van der Waals surface area contributed by atoms with Crippen molar-refractivity contribution in [3.8, 4) is 0 Å². The van der Waals surface area contributed by atoms with Crippen LogP contribution in [0.4, 0.5) is 4.39 Å². The van der Waals surface area contributed by atoms with Crippen molar-refractivity contribution in [1.29, 1.82) is 0 Å². The third kappa shape index (κ3) is 5.26. The van der Waals surface area contributed by atoms with E-state index in [1.54, 1.807) is 24.0 Å². The van der Waals surface area contributed by atoms with Gasteiger partial charge in [0.1, 0.15) is 5.82 Å². The quantitative estimate of drug-likeness (QED) is 0.414. The molecular weight excluding hydrogens is 390 g/mol. The molecule has 0 radical (unpaired) electrons. The lowest BCUT2D eigenvalue weighted by Gasteiger charge is -2.30.